The number of ketones is 2. The van der Waals surface area contributed by atoms with E-state index in [0.29, 0.717) is 27.7 Å². The molecule has 1 aliphatic carbocycles. The number of carbonyl (C=O) groups is 2. The molecule has 5 rings (SSSR count). The second-order valence-electron chi connectivity index (χ2n) is 8.94. The molecule has 10 heteroatoms. The van der Waals surface area contributed by atoms with Gasteiger partial charge in [0, 0.05) is 29.1 Å². The topological polar surface area (TPSA) is 137 Å². The predicted octanol–water partition coefficient (Wildman–Crippen LogP) is 4.36. The van der Waals surface area contributed by atoms with E-state index in [1.807, 2.05) is 4.57 Å². The minimum Gasteiger partial charge on any atom is -0.383 e. The first-order chi connectivity index (χ1) is 17.2. The summed E-state index contributed by atoms with van der Waals surface area (Å²) in [4.78, 5) is 33.6. The molecule has 0 bridgehead atoms. The number of sulfonamides is 1. The lowest BCUT2D eigenvalue weighted by Crippen LogP contribution is -2.13. The Morgan fingerprint density at radius 2 is 1.75 bits per heavy atom. The Bertz CT molecular complexity index is 1590. The minimum atomic E-state index is -3.93. The Kier molecular flexibility index (Phi) is 6.05. The van der Waals surface area contributed by atoms with Crippen molar-refractivity contribution >= 4 is 44.1 Å². The van der Waals surface area contributed by atoms with Crippen molar-refractivity contribution in [2.24, 2.45) is 0 Å². The number of nitrogen functional groups attached to an aromatic ring is 1. The van der Waals surface area contributed by atoms with Crippen LogP contribution in [0.5, 0.6) is 0 Å². The van der Waals surface area contributed by atoms with Crippen LogP contribution in [0.1, 0.15) is 64.9 Å². The van der Waals surface area contributed by atoms with Crippen LogP contribution in [0, 0.1) is 0 Å². The van der Waals surface area contributed by atoms with E-state index in [0.717, 1.165) is 25.7 Å². The number of aromatic nitrogens is 3. The highest BCUT2D eigenvalue weighted by molar-refractivity contribution is 7.92. The molecule has 0 saturated heterocycles. The predicted molar refractivity (Wildman–Crippen MR) is 137 cm³/mol. The van der Waals surface area contributed by atoms with Crippen LogP contribution in [0.25, 0.3) is 11.0 Å². The van der Waals surface area contributed by atoms with E-state index in [2.05, 4.69) is 14.7 Å². The van der Waals surface area contributed by atoms with E-state index in [-0.39, 0.29) is 34.0 Å². The summed E-state index contributed by atoms with van der Waals surface area (Å²) in [5.74, 6) is -0.227. The smallest absolute Gasteiger partial charge is 0.261 e. The number of hydrogen-bond donors (Lipinski definition) is 2. The third kappa shape index (κ3) is 4.35. The fourth-order valence-corrected chi connectivity index (χ4v) is 5.75. The van der Waals surface area contributed by atoms with Crippen molar-refractivity contribution in [1.29, 1.82) is 0 Å². The zero-order valence-corrected chi connectivity index (χ0v) is 20.5. The number of nitrogens with one attached hydrogen (secondary N) is 1. The normalized spacial score (nSPS) is 14.2. The highest BCUT2D eigenvalue weighted by Crippen LogP contribution is 2.35. The van der Waals surface area contributed by atoms with Crippen LogP contribution in [-0.2, 0) is 10.0 Å². The first-order valence-electron chi connectivity index (χ1n) is 11.6. The maximum atomic E-state index is 13.6. The van der Waals surface area contributed by atoms with E-state index >= 15 is 0 Å². The van der Waals surface area contributed by atoms with Gasteiger partial charge in [-0.1, -0.05) is 37.1 Å². The zero-order chi connectivity index (χ0) is 25.4. The number of rotatable bonds is 7. The zero-order valence-electron chi connectivity index (χ0n) is 19.6. The Hall–Kier alpha value is -4.05. The van der Waals surface area contributed by atoms with Crippen LogP contribution in [0.2, 0.25) is 0 Å². The molecule has 0 spiro atoms. The van der Waals surface area contributed by atoms with E-state index in [4.69, 9.17) is 5.73 Å². The van der Waals surface area contributed by atoms with Crippen molar-refractivity contribution in [1.82, 2.24) is 14.5 Å². The molecule has 184 valence electrons. The number of carbonyl (C=O) groups excluding carboxylic acids is 2. The minimum absolute atomic E-state index is 0.00814. The SMILES string of the molecule is CC(=O)c1ccc(S(=O)(=O)Nc2cccc(C(=O)c3cn(C4CCCC4)c4ncnc(N)c34)c2)cc1. The molecule has 9 nitrogen and oxygen atoms in total. The number of fused-ring (bicyclic) bond motifs is 1. The monoisotopic (exact) mass is 503 g/mol. The van der Waals surface area contributed by atoms with E-state index in [1.165, 1.54) is 43.6 Å². The standard InChI is InChI=1S/C26H25N5O4S/c1-16(32)17-9-11-21(12-10-17)36(34,35)30-19-6-4-5-18(13-19)24(33)22-14-31(20-7-2-3-8-20)26-23(22)25(27)28-15-29-26/h4-6,9-15,20,30H,2-3,7-8H2,1H3,(H2,27,28,29). The van der Waals surface area contributed by atoms with Gasteiger partial charge in [-0.25, -0.2) is 18.4 Å². The second kappa shape index (κ2) is 9.19. The third-order valence-corrected chi connectivity index (χ3v) is 7.95. The molecule has 3 N–H and O–H groups in total. The number of hydrogen-bond acceptors (Lipinski definition) is 7. The van der Waals surface area contributed by atoms with Gasteiger partial charge in [-0.2, -0.15) is 0 Å². The Morgan fingerprint density at radius 3 is 2.44 bits per heavy atom. The first-order valence-corrected chi connectivity index (χ1v) is 13.1. The van der Waals surface area contributed by atoms with Crippen LogP contribution in [0.15, 0.2) is 66.0 Å². The fraction of sp³-hybridized carbons (Fsp3) is 0.231. The molecule has 0 aliphatic heterocycles. The number of anilines is 2. The van der Waals surface area contributed by atoms with Crippen LogP contribution < -0.4 is 10.5 Å². The molecule has 2 aromatic carbocycles. The van der Waals surface area contributed by atoms with Crippen molar-refractivity contribution in [3.63, 3.8) is 0 Å². The molecule has 1 aliphatic rings. The van der Waals surface area contributed by atoms with Crippen LogP contribution in [0.4, 0.5) is 11.5 Å². The highest BCUT2D eigenvalue weighted by atomic mass is 32.2. The largest absolute Gasteiger partial charge is 0.383 e. The quantitative estimate of drug-likeness (QED) is 0.357. The average molecular weight is 504 g/mol. The molecular weight excluding hydrogens is 478 g/mol. The van der Waals surface area contributed by atoms with E-state index in [1.54, 1.807) is 24.4 Å². The lowest BCUT2D eigenvalue weighted by Gasteiger charge is -2.12. The van der Waals surface area contributed by atoms with Crippen molar-refractivity contribution in [2.45, 2.75) is 43.5 Å². The summed E-state index contributed by atoms with van der Waals surface area (Å²) >= 11 is 0. The van der Waals surface area contributed by atoms with Gasteiger partial charge in [0.2, 0.25) is 0 Å². The summed E-state index contributed by atoms with van der Waals surface area (Å²) in [6.45, 7) is 1.41. The first kappa shape index (κ1) is 23.7. The lowest BCUT2D eigenvalue weighted by molar-refractivity contribution is 0.101. The van der Waals surface area contributed by atoms with Gasteiger partial charge in [0.05, 0.1) is 15.8 Å². The van der Waals surface area contributed by atoms with Gasteiger partial charge >= 0.3 is 0 Å². The molecule has 1 fully saturated rings. The molecule has 4 aromatic rings. The van der Waals surface area contributed by atoms with Crippen molar-refractivity contribution < 1.29 is 18.0 Å². The summed E-state index contributed by atoms with van der Waals surface area (Å²) < 4.78 is 30.3. The number of benzene rings is 2. The summed E-state index contributed by atoms with van der Waals surface area (Å²) in [5, 5.41) is 0.506. The van der Waals surface area contributed by atoms with Gasteiger partial charge in [0.15, 0.2) is 11.6 Å². The van der Waals surface area contributed by atoms with Gasteiger partial charge in [0.1, 0.15) is 17.8 Å². The number of nitrogens with zero attached hydrogens (tertiary/aromatic N) is 3. The molecule has 2 aromatic heterocycles. The lowest BCUT2D eigenvalue weighted by atomic mass is 10.0. The van der Waals surface area contributed by atoms with Crippen molar-refractivity contribution in [3.05, 3.63) is 77.7 Å². The van der Waals surface area contributed by atoms with Crippen molar-refractivity contribution in [2.75, 3.05) is 10.5 Å². The Morgan fingerprint density at radius 1 is 1.03 bits per heavy atom. The molecule has 1 saturated carbocycles. The maximum Gasteiger partial charge on any atom is 0.261 e. The molecule has 0 radical (unpaired) electrons. The summed E-state index contributed by atoms with van der Waals surface area (Å²) in [5.41, 5.74) is 8.13. The van der Waals surface area contributed by atoms with E-state index in [9.17, 15) is 18.0 Å². The van der Waals surface area contributed by atoms with E-state index < -0.39 is 10.0 Å². The van der Waals surface area contributed by atoms with Gasteiger partial charge < -0.3 is 10.3 Å². The average Bonchev–Trinajstić information content (AvgIpc) is 3.52. The molecule has 36 heavy (non-hydrogen) atoms. The Balaban J connectivity index is 1.47. The number of nitrogens with two attached hydrogens (primary N) is 1. The van der Waals surface area contributed by atoms with Crippen LogP contribution in [-0.4, -0.2) is 34.5 Å². The molecule has 0 atom stereocenters. The maximum absolute atomic E-state index is 13.6. The Labute approximate surface area is 208 Å². The summed E-state index contributed by atoms with van der Waals surface area (Å²) in [7, 11) is -3.93. The van der Waals surface area contributed by atoms with Gasteiger partial charge in [-0.05, 0) is 44.0 Å². The molecule has 2 heterocycles. The van der Waals surface area contributed by atoms with Crippen LogP contribution in [0.3, 0.4) is 0 Å². The molecular formula is C26H25N5O4S. The summed E-state index contributed by atoms with van der Waals surface area (Å²) in [6, 6.07) is 12.2. The molecule has 0 amide bonds. The van der Waals surface area contributed by atoms with Crippen molar-refractivity contribution in [3.8, 4) is 0 Å². The number of Topliss-reactive ketones (excluding diaryl/α,β-unsaturated/α-hetero) is 1. The highest BCUT2D eigenvalue weighted by Gasteiger charge is 2.26. The van der Waals surface area contributed by atoms with Crippen LogP contribution >= 0.6 is 0 Å². The van der Waals surface area contributed by atoms with Gasteiger partial charge in [-0.3, -0.25) is 14.3 Å². The summed E-state index contributed by atoms with van der Waals surface area (Å²) in [6.07, 6.45) is 7.44. The third-order valence-electron chi connectivity index (χ3n) is 6.55. The fourth-order valence-electron chi connectivity index (χ4n) is 4.70. The van der Waals surface area contributed by atoms with Gasteiger partial charge in [0.25, 0.3) is 10.0 Å². The second-order valence-corrected chi connectivity index (χ2v) is 10.6. The van der Waals surface area contributed by atoms with Gasteiger partial charge in [-0.15, -0.1) is 0 Å². The molecule has 0 unspecified atom stereocenters.